The molecule has 1 aliphatic heterocycles. The third kappa shape index (κ3) is 6.25. The second-order valence-electron chi connectivity index (χ2n) is 11.0. The van der Waals surface area contributed by atoms with Crippen LogP contribution in [0.1, 0.15) is 72.3 Å². The van der Waals surface area contributed by atoms with Gasteiger partial charge in [0.05, 0.1) is 6.54 Å². The molecule has 1 amide bonds. The van der Waals surface area contributed by atoms with Crippen molar-refractivity contribution in [1.29, 1.82) is 0 Å². The van der Waals surface area contributed by atoms with Crippen LogP contribution in [0.5, 0.6) is 5.75 Å². The van der Waals surface area contributed by atoms with Crippen molar-refractivity contribution in [3.05, 3.63) is 88.7 Å². The number of hydrogen-bond donors (Lipinski definition) is 2. The molecule has 3 aromatic rings. The fourth-order valence-electron chi connectivity index (χ4n) is 5.98. The number of hydrogen-bond acceptors (Lipinski definition) is 5. The summed E-state index contributed by atoms with van der Waals surface area (Å²) in [7, 11) is -4.84. The number of anilines is 1. The third-order valence-electron chi connectivity index (χ3n) is 8.22. The van der Waals surface area contributed by atoms with Crippen LogP contribution in [0.2, 0.25) is 0 Å². The van der Waals surface area contributed by atoms with Gasteiger partial charge in [0.1, 0.15) is 28.1 Å². The van der Waals surface area contributed by atoms with Crippen LogP contribution in [-0.2, 0) is 21.4 Å². The minimum Gasteiger partial charge on any atom is -0.507 e. The zero-order chi connectivity index (χ0) is 30.9. The number of carboxylic acids is 1. The first kappa shape index (κ1) is 30.6. The largest absolute Gasteiger partial charge is 0.507 e. The molecule has 0 bridgehead atoms. The van der Waals surface area contributed by atoms with Gasteiger partial charge < -0.3 is 15.1 Å². The van der Waals surface area contributed by atoms with Crippen LogP contribution in [0.3, 0.4) is 0 Å². The Balaban J connectivity index is 1.49. The van der Waals surface area contributed by atoms with Crippen LogP contribution in [0.15, 0.2) is 59.5 Å². The summed E-state index contributed by atoms with van der Waals surface area (Å²) >= 11 is 0. The van der Waals surface area contributed by atoms with Crippen molar-refractivity contribution in [2.75, 3.05) is 11.4 Å². The Morgan fingerprint density at radius 1 is 0.907 bits per heavy atom. The van der Waals surface area contributed by atoms with E-state index >= 15 is 0 Å². The molecule has 43 heavy (non-hydrogen) atoms. The molecule has 1 saturated heterocycles. The number of nitrogens with zero attached hydrogens (tertiary/aromatic N) is 2. The molecule has 0 aromatic heterocycles. The van der Waals surface area contributed by atoms with Gasteiger partial charge in [0, 0.05) is 24.4 Å². The minimum absolute atomic E-state index is 0.0494. The molecule has 0 radical (unpaired) electrons. The van der Waals surface area contributed by atoms with Gasteiger partial charge in [-0.15, -0.1) is 0 Å². The van der Waals surface area contributed by atoms with Gasteiger partial charge in [-0.25, -0.2) is 26.4 Å². The number of carbonyl (C=O) groups excluding carboxylic acids is 1. The monoisotopic (exact) mass is 616 g/mol. The van der Waals surface area contributed by atoms with E-state index in [1.54, 1.807) is 0 Å². The van der Waals surface area contributed by atoms with E-state index in [-0.39, 0.29) is 43.2 Å². The Morgan fingerprint density at radius 3 is 2.26 bits per heavy atom. The molecule has 0 spiro atoms. The fourth-order valence-corrected chi connectivity index (χ4v) is 7.72. The minimum atomic E-state index is -4.84. The number of amides is 1. The van der Waals surface area contributed by atoms with E-state index in [2.05, 4.69) is 0 Å². The Hall–Kier alpha value is -3.90. The van der Waals surface area contributed by atoms with Crippen molar-refractivity contribution >= 4 is 27.6 Å². The van der Waals surface area contributed by atoms with Crippen LogP contribution in [0.4, 0.5) is 18.9 Å². The highest BCUT2D eigenvalue weighted by Gasteiger charge is 2.43. The van der Waals surface area contributed by atoms with Crippen LogP contribution in [0, 0.1) is 17.5 Å². The lowest BCUT2D eigenvalue weighted by Crippen LogP contribution is -2.48. The number of aromatic hydroxyl groups is 1. The molecule has 1 saturated carbocycles. The van der Waals surface area contributed by atoms with Crippen LogP contribution >= 0.6 is 0 Å². The standard InChI is InChI=1S/C31H31F3N2O6S/c32-22-15-25(33)29(34)28(16-22)43(41,42)36-14-4-7-26(36)30(38)35(23-12-13-24(31(39)40)27(37)17-23)18-19-8-10-21(11-9-19)20-5-2-1-3-6-20/h8-13,15-17,20,26,37H,1-7,14,18H2,(H,39,40). The summed E-state index contributed by atoms with van der Waals surface area (Å²) in [6.07, 6.45) is 6.01. The normalized spacial score (nSPS) is 18.1. The van der Waals surface area contributed by atoms with Gasteiger partial charge in [0.15, 0.2) is 11.6 Å². The Labute approximate surface area is 247 Å². The number of benzene rings is 3. The average Bonchev–Trinajstić information content (AvgIpc) is 3.49. The smallest absolute Gasteiger partial charge is 0.339 e. The summed E-state index contributed by atoms with van der Waals surface area (Å²) in [6, 6.07) is 10.5. The van der Waals surface area contributed by atoms with Crippen molar-refractivity contribution in [2.24, 2.45) is 0 Å². The van der Waals surface area contributed by atoms with Crippen LogP contribution in [-0.4, -0.2) is 47.4 Å². The lowest BCUT2D eigenvalue weighted by Gasteiger charge is -2.30. The van der Waals surface area contributed by atoms with E-state index in [9.17, 15) is 41.4 Å². The first-order valence-electron chi connectivity index (χ1n) is 14.1. The quantitative estimate of drug-likeness (QED) is 0.303. The molecule has 8 nitrogen and oxygen atoms in total. The molecule has 1 aliphatic carbocycles. The molecule has 5 rings (SSSR count). The zero-order valence-corrected chi connectivity index (χ0v) is 24.0. The number of halogens is 3. The SMILES string of the molecule is O=C(O)c1ccc(N(Cc2ccc(C3CCCCC3)cc2)C(=O)C2CCCN2S(=O)(=O)c2cc(F)cc(F)c2F)cc1O. The van der Waals surface area contributed by atoms with Gasteiger partial charge in [-0.2, -0.15) is 4.31 Å². The summed E-state index contributed by atoms with van der Waals surface area (Å²) < 4.78 is 70.0. The van der Waals surface area contributed by atoms with E-state index in [0.717, 1.165) is 42.1 Å². The van der Waals surface area contributed by atoms with E-state index in [1.807, 2.05) is 24.3 Å². The molecule has 2 N–H and O–H groups in total. The predicted octanol–water partition coefficient (Wildman–Crippen LogP) is 5.94. The Bertz CT molecular complexity index is 1640. The van der Waals surface area contributed by atoms with E-state index < -0.39 is 56.0 Å². The maximum absolute atomic E-state index is 14.6. The number of aromatic carboxylic acids is 1. The highest BCUT2D eigenvalue weighted by Crippen LogP contribution is 2.35. The topological polar surface area (TPSA) is 115 Å². The molecule has 1 heterocycles. The van der Waals surface area contributed by atoms with Gasteiger partial charge in [0.2, 0.25) is 15.9 Å². The molecule has 2 aliphatic rings. The van der Waals surface area contributed by atoms with Crippen LogP contribution in [0.25, 0.3) is 0 Å². The number of rotatable bonds is 8. The first-order chi connectivity index (χ1) is 20.5. The summed E-state index contributed by atoms with van der Waals surface area (Å²) in [5.41, 5.74) is 1.60. The number of sulfonamides is 1. The van der Waals surface area contributed by atoms with Gasteiger partial charge in [-0.05, 0) is 60.9 Å². The number of carboxylic acid groups (broad SMARTS) is 1. The number of phenols is 1. The Kier molecular flexibility index (Phi) is 8.79. The van der Waals surface area contributed by atoms with Crippen molar-refractivity contribution in [1.82, 2.24) is 4.31 Å². The van der Waals surface area contributed by atoms with Crippen molar-refractivity contribution < 1.29 is 41.4 Å². The van der Waals surface area contributed by atoms with Gasteiger partial charge in [-0.1, -0.05) is 43.5 Å². The molecular weight excluding hydrogens is 585 g/mol. The first-order valence-corrected chi connectivity index (χ1v) is 15.5. The molecule has 12 heteroatoms. The molecule has 3 aromatic carbocycles. The van der Waals surface area contributed by atoms with E-state index in [1.165, 1.54) is 23.0 Å². The maximum Gasteiger partial charge on any atom is 0.339 e. The van der Waals surface area contributed by atoms with E-state index in [0.29, 0.717) is 17.5 Å². The Morgan fingerprint density at radius 2 is 1.60 bits per heavy atom. The second kappa shape index (κ2) is 12.4. The summed E-state index contributed by atoms with van der Waals surface area (Å²) in [5.74, 6) is -6.95. The van der Waals surface area contributed by atoms with Gasteiger partial charge in [-0.3, -0.25) is 4.79 Å². The molecular formula is C31H31F3N2O6S. The molecule has 1 unspecified atom stereocenters. The zero-order valence-electron chi connectivity index (χ0n) is 23.2. The third-order valence-corrected chi connectivity index (χ3v) is 10.1. The number of carbonyl (C=O) groups is 2. The lowest BCUT2D eigenvalue weighted by molar-refractivity contribution is -0.121. The highest BCUT2D eigenvalue weighted by atomic mass is 32.2. The average molecular weight is 617 g/mol. The fraction of sp³-hybridized carbons (Fsp3) is 0.355. The summed E-state index contributed by atoms with van der Waals surface area (Å²) in [5, 5.41) is 19.7. The second-order valence-corrected chi connectivity index (χ2v) is 12.8. The lowest BCUT2D eigenvalue weighted by atomic mass is 9.84. The predicted molar refractivity (Wildman–Crippen MR) is 152 cm³/mol. The van der Waals surface area contributed by atoms with Gasteiger partial charge >= 0.3 is 5.97 Å². The van der Waals surface area contributed by atoms with Crippen molar-refractivity contribution in [2.45, 2.75) is 68.3 Å². The van der Waals surface area contributed by atoms with Crippen LogP contribution < -0.4 is 4.90 Å². The highest BCUT2D eigenvalue weighted by molar-refractivity contribution is 7.89. The van der Waals surface area contributed by atoms with Gasteiger partial charge in [0.25, 0.3) is 0 Å². The van der Waals surface area contributed by atoms with Crippen molar-refractivity contribution in [3.8, 4) is 5.75 Å². The molecule has 2 fully saturated rings. The molecule has 228 valence electrons. The van der Waals surface area contributed by atoms with Crippen molar-refractivity contribution in [3.63, 3.8) is 0 Å². The summed E-state index contributed by atoms with van der Waals surface area (Å²) in [4.78, 5) is 25.6. The van der Waals surface area contributed by atoms with E-state index in [4.69, 9.17) is 0 Å². The summed E-state index contributed by atoms with van der Waals surface area (Å²) in [6.45, 7) is -0.244. The maximum atomic E-state index is 14.6. The molecule has 1 atom stereocenters.